The van der Waals surface area contributed by atoms with Crippen LogP contribution in [0.1, 0.15) is 97.0 Å². The maximum absolute atomic E-state index is 8.96. The number of aryl methyl sites for hydroxylation is 1. The summed E-state index contributed by atoms with van der Waals surface area (Å²) in [6.45, 7) is 13.7. The summed E-state index contributed by atoms with van der Waals surface area (Å²) in [6.07, 6.45) is 10.9. The summed E-state index contributed by atoms with van der Waals surface area (Å²) in [4.78, 5) is 11.9. The van der Waals surface area contributed by atoms with E-state index in [2.05, 4.69) is 37.4 Å². The van der Waals surface area contributed by atoms with Crippen LogP contribution in [0.4, 0.5) is 0 Å². The summed E-state index contributed by atoms with van der Waals surface area (Å²) in [7, 11) is 2.21. The second-order valence-electron chi connectivity index (χ2n) is 9.04. The Kier molecular flexibility index (Phi) is 17.0. The number of aromatic nitrogens is 2. The SMILES string of the molecule is C=C1CCCC[C@@H]1C(=N)/C(CCC)=C(\C)c1nc(Cl)cc(CC[C@@H]2CCCN2C)n1.CC.[SH-].[Sb]. The summed E-state index contributed by atoms with van der Waals surface area (Å²) < 4.78 is 0. The van der Waals surface area contributed by atoms with Crippen LogP contribution in [0.25, 0.3) is 5.57 Å². The largest absolute Gasteiger partial charge is 0.813 e. The second kappa shape index (κ2) is 17.2. The molecule has 1 aliphatic heterocycles. The van der Waals surface area contributed by atoms with Gasteiger partial charge in [-0.15, -0.1) is 0 Å². The Morgan fingerprint density at radius 3 is 2.50 bits per heavy atom. The molecule has 0 aromatic carbocycles. The van der Waals surface area contributed by atoms with Crippen LogP contribution in [0.15, 0.2) is 23.8 Å². The van der Waals surface area contributed by atoms with Crippen molar-refractivity contribution in [1.29, 1.82) is 5.41 Å². The molecule has 1 aliphatic carbocycles. The van der Waals surface area contributed by atoms with E-state index in [1.807, 2.05) is 19.9 Å². The zero-order valence-electron chi connectivity index (χ0n) is 21.8. The molecular weight excluding hydrogens is 570 g/mol. The third-order valence-electron chi connectivity index (χ3n) is 6.85. The average molecular weight is 614 g/mol. The molecule has 0 bridgehead atoms. The number of thiol groups is 1. The van der Waals surface area contributed by atoms with Gasteiger partial charge < -0.3 is 23.8 Å². The molecule has 34 heavy (non-hydrogen) atoms. The first kappa shape index (κ1) is 33.6. The molecule has 0 amide bonds. The van der Waals surface area contributed by atoms with Crippen LogP contribution in [0, 0.1) is 11.3 Å². The van der Waals surface area contributed by atoms with Gasteiger partial charge in [-0.3, -0.25) is 0 Å². The van der Waals surface area contributed by atoms with Gasteiger partial charge in [-0.25, -0.2) is 9.97 Å². The molecule has 2 heterocycles. The van der Waals surface area contributed by atoms with Crippen LogP contribution >= 0.6 is 11.6 Å². The molecule has 2 aliphatic rings. The van der Waals surface area contributed by atoms with Crippen molar-refractivity contribution in [3.05, 3.63) is 40.5 Å². The Hall–Kier alpha value is -0.352. The number of nitrogens with one attached hydrogen (secondary N) is 1. The van der Waals surface area contributed by atoms with Gasteiger partial charge in [0.15, 0.2) is 5.82 Å². The van der Waals surface area contributed by atoms with E-state index in [1.165, 1.54) is 37.8 Å². The second-order valence-corrected chi connectivity index (χ2v) is 9.43. The first-order valence-corrected chi connectivity index (χ1v) is 13.0. The Morgan fingerprint density at radius 2 is 1.91 bits per heavy atom. The minimum atomic E-state index is 0. The number of hydrogen-bond donors (Lipinski definition) is 1. The summed E-state index contributed by atoms with van der Waals surface area (Å²) in [5.41, 5.74) is 5.02. The average Bonchev–Trinajstić information content (AvgIpc) is 3.21. The maximum atomic E-state index is 8.96. The van der Waals surface area contributed by atoms with E-state index in [-0.39, 0.29) is 43.8 Å². The summed E-state index contributed by atoms with van der Waals surface area (Å²) >= 11 is 6.40. The van der Waals surface area contributed by atoms with Crippen LogP contribution in [-0.4, -0.2) is 64.6 Å². The molecule has 1 saturated carbocycles. The minimum Gasteiger partial charge on any atom is -0.813 e. The molecule has 2 fully saturated rings. The third-order valence-corrected chi connectivity index (χ3v) is 7.04. The van der Waals surface area contributed by atoms with Crippen LogP contribution < -0.4 is 0 Å². The summed E-state index contributed by atoms with van der Waals surface area (Å²) in [5.74, 6) is 0.860. The molecule has 1 saturated heterocycles. The van der Waals surface area contributed by atoms with E-state index in [9.17, 15) is 0 Å². The molecule has 7 heteroatoms. The van der Waals surface area contributed by atoms with Gasteiger partial charge in [-0.2, -0.15) is 0 Å². The van der Waals surface area contributed by atoms with Crippen molar-refractivity contribution in [2.75, 3.05) is 13.6 Å². The summed E-state index contributed by atoms with van der Waals surface area (Å²) in [5, 5.41) is 9.46. The predicted molar refractivity (Wildman–Crippen MR) is 153 cm³/mol. The molecule has 2 atom stereocenters. The van der Waals surface area contributed by atoms with Crippen molar-refractivity contribution in [2.24, 2.45) is 5.92 Å². The minimum absolute atomic E-state index is 0. The smallest absolute Gasteiger partial charge is 0.157 e. The number of allylic oxidation sites excluding steroid dienone is 3. The Balaban J connectivity index is 0.00000265. The molecule has 0 spiro atoms. The predicted octanol–water partition coefficient (Wildman–Crippen LogP) is 6.87. The molecule has 3 rings (SSSR count). The van der Waals surface area contributed by atoms with E-state index < -0.39 is 0 Å². The maximum Gasteiger partial charge on any atom is 0.157 e. The number of hydrogen-bond acceptors (Lipinski definition) is 5. The fourth-order valence-corrected chi connectivity index (χ4v) is 5.17. The van der Waals surface area contributed by atoms with Crippen molar-refractivity contribution in [3.8, 4) is 0 Å². The van der Waals surface area contributed by atoms with Gasteiger partial charge in [-0.05, 0) is 89.1 Å². The van der Waals surface area contributed by atoms with Gasteiger partial charge in [0.2, 0.25) is 0 Å². The molecular formula is C27H44ClN4SSb-. The van der Waals surface area contributed by atoms with Gasteiger partial charge in [0.05, 0.1) is 0 Å². The molecule has 1 aromatic rings. The number of nitrogens with zero attached hydrogens (tertiary/aromatic N) is 3. The van der Waals surface area contributed by atoms with Crippen molar-refractivity contribution in [1.82, 2.24) is 14.9 Å². The van der Waals surface area contributed by atoms with Crippen molar-refractivity contribution in [3.63, 3.8) is 0 Å². The first-order chi connectivity index (χ1) is 15.4. The number of likely N-dealkylation sites (tertiary alicyclic amines) is 1. The monoisotopic (exact) mass is 612 g/mol. The molecule has 3 radical (unpaired) electrons. The van der Waals surface area contributed by atoms with Crippen LogP contribution in [0.3, 0.4) is 0 Å². The van der Waals surface area contributed by atoms with Gasteiger partial charge in [0.25, 0.3) is 0 Å². The van der Waals surface area contributed by atoms with E-state index in [0.29, 0.717) is 17.0 Å². The van der Waals surface area contributed by atoms with Gasteiger partial charge in [0.1, 0.15) is 5.15 Å². The van der Waals surface area contributed by atoms with Gasteiger partial charge in [-0.1, -0.05) is 57.4 Å². The van der Waals surface area contributed by atoms with Crippen molar-refractivity contribution < 1.29 is 0 Å². The molecule has 191 valence electrons. The fourth-order valence-electron chi connectivity index (χ4n) is 4.97. The molecule has 0 unspecified atom stereocenters. The van der Waals surface area contributed by atoms with Crippen molar-refractivity contribution >= 4 is 60.8 Å². The molecule has 4 nitrogen and oxygen atoms in total. The quantitative estimate of drug-likeness (QED) is 0.0868. The summed E-state index contributed by atoms with van der Waals surface area (Å²) in [6, 6.07) is 2.54. The van der Waals surface area contributed by atoms with Gasteiger partial charge >= 0.3 is 0 Å². The van der Waals surface area contributed by atoms with E-state index in [4.69, 9.17) is 22.0 Å². The normalized spacial score (nSPS) is 20.9. The van der Waals surface area contributed by atoms with Crippen LogP contribution in [0.2, 0.25) is 5.15 Å². The standard InChI is InChI=1S/C25H37ClN4.C2H6.H2S.Sb/c1-5-9-22(24(27)21-12-7-6-10-17(21)2)18(3)25-28-19(16-23(26)29-25)13-14-20-11-8-15-30(20)4;1-2;;/h16,20-21,27H,2,5-15H2,1,3-4H3;1-2H3;1H2;/p-1/b22-18+,27-24?;;;/t20-,21-;;;/m0.../s1. The van der Waals surface area contributed by atoms with Crippen molar-refractivity contribution in [2.45, 2.75) is 97.9 Å². The van der Waals surface area contributed by atoms with E-state index in [1.54, 1.807) is 0 Å². The first-order valence-electron chi connectivity index (χ1n) is 12.6. The molecule has 1 N–H and O–H groups in total. The number of halogens is 1. The fraction of sp³-hybridized carbons (Fsp3) is 0.667. The zero-order chi connectivity index (χ0) is 23.7. The Labute approximate surface area is 237 Å². The van der Waals surface area contributed by atoms with Gasteiger partial charge in [0, 0.05) is 47.8 Å². The van der Waals surface area contributed by atoms with Crippen LogP contribution in [0.5, 0.6) is 0 Å². The topological polar surface area (TPSA) is 52.9 Å². The Morgan fingerprint density at radius 1 is 1.21 bits per heavy atom. The third kappa shape index (κ3) is 9.26. The van der Waals surface area contributed by atoms with E-state index in [0.717, 1.165) is 61.1 Å². The zero-order valence-corrected chi connectivity index (χ0v) is 26.0. The van der Waals surface area contributed by atoms with E-state index >= 15 is 0 Å². The number of rotatable bonds is 8. The molecule has 1 aromatic heterocycles. The van der Waals surface area contributed by atoms with Crippen LogP contribution in [-0.2, 0) is 19.9 Å². The Bertz CT molecular complexity index is 827.